The molecule has 0 aromatic heterocycles. The van der Waals surface area contributed by atoms with E-state index in [2.05, 4.69) is 4.99 Å². The molecule has 2 atom stereocenters. The number of urea groups is 1. The van der Waals surface area contributed by atoms with Crippen molar-refractivity contribution in [1.82, 2.24) is 9.80 Å². The molecular weight excluding hydrogens is 407 g/mol. The molecule has 0 radical (unpaired) electrons. The van der Waals surface area contributed by atoms with Gasteiger partial charge in [0.05, 0.1) is 5.69 Å². The first-order valence-corrected chi connectivity index (χ1v) is 9.85. The average molecular weight is 429 g/mol. The number of amidine groups is 1. The molecule has 0 saturated carbocycles. The van der Waals surface area contributed by atoms with E-state index in [1.165, 1.54) is 20.2 Å². The Morgan fingerprint density at radius 2 is 1.68 bits per heavy atom. The van der Waals surface area contributed by atoms with Crippen LogP contribution in [-0.4, -0.2) is 47.8 Å². The molecule has 3 amide bonds. The van der Waals surface area contributed by atoms with Gasteiger partial charge in [0.1, 0.15) is 17.2 Å². The molecule has 2 aliphatic rings. The predicted molar refractivity (Wildman–Crippen MR) is 110 cm³/mol. The largest absolute Gasteiger partial charge is 0.397 e. The summed E-state index contributed by atoms with van der Waals surface area (Å²) in [5.41, 5.74) is -0.179. The molecule has 1 fully saturated rings. The van der Waals surface area contributed by atoms with Crippen LogP contribution < -0.4 is 0 Å². The second kappa shape index (κ2) is 6.93. The van der Waals surface area contributed by atoms with Crippen LogP contribution >= 0.6 is 0 Å². The molecule has 2 aliphatic heterocycles. The first-order chi connectivity index (χ1) is 14.5. The monoisotopic (exact) mass is 429 g/mol. The number of hydrogen-bond donors (Lipinski definition) is 0. The zero-order valence-corrected chi connectivity index (χ0v) is 17.6. The number of alkyl halides is 3. The van der Waals surface area contributed by atoms with Crippen LogP contribution in [0, 0.1) is 19.3 Å². The second-order valence-corrected chi connectivity index (χ2v) is 8.27. The van der Waals surface area contributed by atoms with Gasteiger partial charge in [0, 0.05) is 14.1 Å². The molecule has 4 rings (SSSR count). The molecule has 0 N–H and O–H groups in total. The van der Waals surface area contributed by atoms with E-state index in [1.807, 2.05) is 0 Å². The number of aliphatic imine (C=N–C) groups is 1. The first kappa shape index (κ1) is 21.1. The fourth-order valence-electron chi connectivity index (χ4n) is 4.89. The average Bonchev–Trinajstić information content (AvgIpc) is 2.69. The van der Waals surface area contributed by atoms with Gasteiger partial charge in [-0.2, -0.15) is 13.2 Å². The Balaban J connectivity index is 2.10. The number of halogens is 3. The topological polar surface area (TPSA) is 53.0 Å². The highest BCUT2D eigenvalue weighted by Gasteiger charge is 2.67. The van der Waals surface area contributed by atoms with Crippen molar-refractivity contribution in [3.05, 3.63) is 64.7 Å². The number of fused-ring (bicyclic) bond motifs is 2. The van der Waals surface area contributed by atoms with Crippen molar-refractivity contribution in [2.45, 2.75) is 32.4 Å². The van der Waals surface area contributed by atoms with Gasteiger partial charge < -0.3 is 0 Å². The lowest BCUT2D eigenvalue weighted by atomic mass is 9.63. The van der Waals surface area contributed by atoms with Crippen molar-refractivity contribution in [2.24, 2.45) is 10.4 Å². The predicted octanol–water partition coefficient (Wildman–Crippen LogP) is 4.75. The van der Waals surface area contributed by atoms with E-state index in [0.717, 1.165) is 9.80 Å². The molecule has 8 heteroatoms. The van der Waals surface area contributed by atoms with Crippen molar-refractivity contribution in [2.75, 3.05) is 14.1 Å². The van der Waals surface area contributed by atoms with E-state index in [-0.39, 0.29) is 23.5 Å². The van der Waals surface area contributed by atoms with Gasteiger partial charge in [-0.1, -0.05) is 48.0 Å². The zero-order valence-electron chi connectivity index (χ0n) is 17.6. The third-order valence-corrected chi connectivity index (χ3v) is 6.13. The highest BCUT2D eigenvalue weighted by atomic mass is 19.4. The number of amides is 3. The summed E-state index contributed by atoms with van der Waals surface area (Å²) in [4.78, 5) is 32.6. The van der Waals surface area contributed by atoms with E-state index >= 15 is 0 Å². The van der Waals surface area contributed by atoms with Crippen LogP contribution in [-0.2, 0) is 11.2 Å². The molecule has 2 aromatic carbocycles. The van der Waals surface area contributed by atoms with E-state index < -0.39 is 29.4 Å². The van der Waals surface area contributed by atoms with Gasteiger partial charge in [0.25, 0.3) is 0 Å². The molecule has 162 valence electrons. The lowest BCUT2D eigenvalue weighted by Crippen LogP contribution is -2.67. The van der Waals surface area contributed by atoms with Gasteiger partial charge in [-0.3, -0.25) is 14.6 Å². The number of hydrogen-bond acceptors (Lipinski definition) is 3. The van der Waals surface area contributed by atoms with Crippen LogP contribution in [0.2, 0.25) is 0 Å². The van der Waals surface area contributed by atoms with Gasteiger partial charge in [-0.15, -0.1) is 0 Å². The van der Waals surface area contributed by atoms with Crippen molar-refractivity contribution < 1.29 is 22.8 Å². The van der Waals surface area contributed by atoms with Crippen molar-refractivity contribution >= 4 is 23.5 Å². The summed E-state index contributed by atoms with van der Waals surface area (Å²) in [5, 5.41) is 0. The first-order valence-electron chi connectivity index (χ1n) is 9.85. The highest BCUT2D eigenvalue weighted by molar-refractivity contribution is 6.22. The summed E-state index contributed by atoms with van der Waals surface area (Å²) in [6, 6.07) is 11.0. The third-order valence-electron chi connectivity index (χ3n) is 6.13. The Labute approximate surface area is 178 Å². The van der Waals surface area contributed by atoms with Crippen LogP contribution in [0.25, 0.3) is 0 Å². The minimum absolute atomic E-state index is 0.0332. The second-order valence-electron chi connectivity index (χ2n) is 8.27. The summed E-state index contributed by atoms with van der Waals surface area (Å²) in [5.74, 6) is -3.21. The molecule has 1 saturated heterocycles. The molecule has 5 nitrogen and oxygen atoms in total. The summed E-state index contributed by atoms with van der Waals surface area (Å²) >= 11 is 0. The molecule has 0 unspecified atom stereocenters. The highest BCUT2D eigenvalue weighted by Crippen LogP contribution is 2.58. The molecule has 0 aliphatic carbocycles. The Morgan fingerprint density at radius 1 is 1.03 bits per heavy atom. The molecule has 31 heavy (non-hydrogen) atoms. The van der Waals surface area contributed by atoms with E-state index in [1.54, 1.807) is 50.2 Å². The molecule has 2 aromatic rings. The van der Waals surface area contributed by atoms with Crippen LogP contribution in [0.4, 0.5) is 23.7 Å². The summed E-state index contributed by atoms with van der Waals surface area (Å²) in [7, 11) is 2.58. The van der Waals surface area contributed by atoms with Crippen LogP contribution in [0.15, 0.2) is 47.5 Å². The fraction of sp³-hybridized carbons (Fsp3) is 0.348. The molecule has 0 spiro atoms. The lowest BCUT2D eigenvalue weighted by Gasteiger charge is -2.50. The quantitative estimate of drug-likeness (QED) is 0.692. The maximum atomic E-state index is 14.8. The maximum Gasteiger partial charge on any atom is 0.397 e. The summed E-state index contributed by atoms with van der Waals surface area (Å²) in [6.45, 7) is 3.40. The summed E-state index contributed by atoms with van der Waals surface area (Å²) in [6.07, 6.45) is -4.98. The number of nitrogens with zero attached hydrogens (tertiary/aromatic N) is 3. The Kier molecular flexibility index (Phi) is 4.72. The van der Waals surface area contributed by atoms with Gasteiger partial charge in [-0.05, 0) is 37.0 Å². The lowest BCUT2D eigenvalue weighted by molar-refractivity contribution is -0.180. The van der Waals surface area contributed by atoms with E-state index in [0.29, 0.717) is 16.7 Å². The Bertz CT molecular complexity index is 1110. The van der Waals surface area contributed by atoms with Crippen molar-refractivity contribution in [3.8, 4) is 0 Å². The Morgan fingerprint density at radius 3 is 2.29 bits per heavy atom. The van der Waals surface area contributed by atoms with E-state index in [4.69, 9.17) is 0 Å². The third kappa shape index (κ3) is 3.04. The minimum atomic E-state index is -4.75. The number of carbonyl (C=O) groups is 2. The van der Waals surface area contributed by atoms with Gasteiger partial charge in [0.15, 0.2) is 0 Å². The van der Waals surface area contributed by atoms with Gasteiger partial charge in [-0.25, -0.2) is 9.79 Å². The number of benzene rings is 2. The molecular formula is C23H22F3N3O2. The minimum Gasteiger partial charge on any atom is -0.284 e. The number of aryl methyl sites for hydroxylation is 2. The molecule has 0 bridgehead atoms. The zero-order chi connectivity index (χ0) is 22.7. The van der Waals surface area contributed by atoms with Crippen LogP contribution in [0.5, 0.6) is 0 Å². The fourth-order valence-corrected chi connectivity index (χ4v) is 4.89. The number of carbonyl (C=O) groups excluding carboxylic acids is 2. The normalized spacial score (nSPS) is 23.5. The van der Waals surface area contributed by atoms with Crippen LogP contribution in [0.3, 0.4) is 0 Å². The Hall–Kier alpha value is -3.16. The summed E-state index contributed by atoms with van der Waals surface area (Å²) < 4.78 is 44.4. The van der Waals surface area contributed by atoms with Crippen molar-refractivity contribution in [1.29, 1.82) is 0 Å². The smallest absolute Gasteiger partial charge is 0.284 e. The molecule has 2 heterocycles. The number of rotatable bonds is 2. The van der Waals surface area contributed by atoms with Crippen molar-refractivity contribution in [3.63, 3.8) is 0 Å². The SMILES string of the molecule is Cc1cc(C)c2c(c1)[C@@H](C(F)(F)F)[C@@]1(Cc3ccccc3)C(=O)N(C)C(=O)N(C)C1=N2. The standard InChI is InChI=1S/C23H22F3N3O2/c1-13-10-14(2)17-16(11-13)18(23(24,25)26)22(12-15-8-6-5-7-9-15)19(27-17)28(3)21(31)29(4)20(22)30/h5-11,18H,12H2,1-4H3/t18-,22-/m1/s1. The maximum absolute atomic E-state index is 14.8. The number of imide groups is 1. The van der Waals surface area contributed by atoms with E-state index in [9.17, 15) is 22.8 Å². The van der Waals surface area contributed by atoms with Gasteiger partial charge >= 0.3 is 12.2 Å². The van der Waals surface area contributed by atoms with Crippen LogP contribution in [0.1, 0.15) is 28.2 Å². The van der Waals surface area contributed by atoms with Gasteiger partial charge in [0.2, 0.25) is 5.91 Å².